The van der Waals surface area contributed by atoms with Gasteiger partial charge < -0.3 is 15.0 Å². The summed E-state index contributed by atoms with van der Waals surface area (Å²) in [6.07, 6.45) is 33.9. The Bertz CT molecular complexity index is 1330. The van der Waals surface area contributed by atoms with Gasteiger partial charge in [-0.15, -0.1) is 11.8 Å². The third-order valence-electron chi connectivity index (χ3n) is 11.9. The fourth-order valence-corrected chi connectivity index (χ4v) is 7.23. The lowest BCUT2D eigenvalue weighted by Crippen LogP contribution is -2.51. The second-order valence-electron chi connectivity index (χ2n) is 18.9. The van der Waals surface area contributed by atoms with E-state index in [0.29, 0.717) is 23.4 Å². The maximum absolute atomic E-state index is 11.5. The summed E-state index contributed by atoms with van der Waals surface area (Å²) in [4.78, 5) is 16.0. The van der Waals surface area contributed by atoms with E-state index in [2.05, 4.69) is 81.1 Å². The van der Waals surface area contributed by atoms with E-state index in [9.17, 15) is 4.79 Å². The molecule has 1 aliphatic heterocycles. The van der Waals surface area contributed by atoms with Crippen LogP contribution >= 0.6 is 0 Å². The summed E-state index contributed by atoms with van der Waals surface area (Å²) in [6.45, 7) is 19.4. The van der Waals surface area contributed by atoms with Crippen LogP contribution < -0.4 is 5.73 Å². The number of quaternary nitrogens is 1. The van der Waals surface area contributed by atoms with Crippen LogP contribution in [-0.2, 0) is 9.53 Å². The van der Waals surface area contributed by atoms with Crippen molar-refractivity contribution in [3.8, 4) is 11.8 Å². The number of benzene rings is 1. The Morgan fingerprint density at radius 2 is 1.25 bits per heavy atom. The minimum Gasteiger partial charge on any atom is -0.382 e. The summed E-state index contributed by atoms with van der Waals surface area (Å²) in [6, 6.07) is 11.0. The monoisotopic (exact) mass is 834 g/mol. The molecule has 1 aliphatic rings. The van der Waals surface area contributed by atoms with Crippen molar-refractivity contribution in [2.24, 2.45) is 16.6 Å². The number of rotatable bonds is 29. The number of unbranched alkanes of at least 4 members (excludes halogenated alkanes) is 20. The number of hydrogen-bond donors (Lipinski definition) is 2. The number of carbonyl (C=O) groups excluding carboxylic acids is 1. The summed E-state index contributed by atoms with van der Waals surface area (Å²) in [5, 5.41) is 8.49. The van der Waals surface area contributed by atoms with Crippen molar-refractivity contribution in [3.05, 3.63) is 47.5 Å². The van der Waals surface area contributed by atoms with E-state index in [1.165, 1.54) is 128 Å². The molecule has 1 aromatic rings. The average molecular weight is 834 g/mol. The van der Waals surface area contributed by atoms with Gasteiger partial charge in [0.1, 0.15) is 29.9 Å². The lowest BCUT2D eigenvalue weighted by molar-refractivity contribution is -0.934. The van der Waals surface area contributed by atoms with Gasteiger partial charge in [0.2, 0.25) is 0 Å². The molecule has 60 heavy (non-hydrogen) atoms. The highest BCUT2D eigenvalue weighted by Gasteiger charge is 2.34. The second-order valence-corrected chi connectivity index (χ2v) is 18.9. The van der Waals surface area contributed by atoms with Crippen LogP contribution in [0.15, 0.2) is 47.0 Å². The number of nitrogens with zero attached hydrogens (tertiary/aromatic N) is 2. The Morgan fingerprint density at radius 3 is 1.73 bits per heavy atom. The number of aliphatic imine (C=N–C) groups is 1. The minimum absolute atomic E-state index is 0.0417. The molecular weight excluding hydrogens is 737 g/mol. The van der Waals surface area contributed by atoms with Crippen LogP contribution in [-0.4, -0.2) is 61.2 Å². The van der Waals surface area contributed by atoms with Gasteiger partial charge in [-0.05, 0) is 53.4 Å². The third kappa shape index (κ3) is 31.1. The predicted octanol–water partition coefficient (Wildman–Crippen LogP) is 14.9. The van der Waals surface area contributed by atoms with E-state index in [0.717, 1.165) is 68.2 Å². The zero-order valence-corrected chi connectivity index (χ0v) is 41.2. The third-order valence-corrected chi connectivity index (χ3v) is 11.9. The van der Waals surface area contributed by atoms with Gasteiger partial charge in [-0.2, -0.15) is 0 Å². The SMILES string of the molecule is CCCC#CCCCCCCCCCCCCCCCCCCC(=O)C(C)C.CCCCCCN=C(N)C(=N)C1=CCC[N+](C)(C(C)c2ccccc2)C1.COC(C)(C)C. The lowest BCUT2D eigenvalue weighted by atomic mass is 9.97. The maximum atomic E-state index is 11.5. The van der Waals surface area contributed by atoms with E-state index < -0.39 is 0 Å². The smallest absolute Gasteiger partial charge is 0.144 e. The lowest BCUT2D eigenvalue weighted by Gasteiger charge is -2.43. The first-order valence-electron chi connectivity index (χ1n) is 24.7. The normalized spacial score (nSPS) is 15.8. The number of nitrogens with two attached hydrogens (primary N) is 1. The molecule has 0 saturated heterocycles. The van der Waals surface area contributed by atoms with E-state index in [1.54, 1.807) is 7.11 Å². The van der Waals surface area contributed by atoms with E-state index >= 15 is 0 Å². The summed E-state index contributed by atoms with van der Waals surface area (Å²) >= 11 is 0. The van der Waals surface area contributed by atoms with Gasteiger partial charge in [0.05, 0.1) is 19.2 Å². The van der Waals surface area contributed by atoms with Gasteiger partial charge in [-0.1, -0.05) is 173 Å². The molecular formula is C54H97N4O2+. The first-order chi connectivity index (χ1) is 28.7. The highest BCUT2D eigenvalue weighted by atomic mass is 16.5. The Hall–Kier alpha value is -2.75. The molecule has 0 bridgehead atoms. The maximum Gasteiger partial charge on any atom is 0.144 e. The second kappa shape index (κ2) is 36.9. The van der Waals surface area contributed by atoms with Crippen LogP contribution in [0.25, 0.3) is 0 Å². The van der Waals surface area contributed by atoms with Crippen LogP contribution in [0.3, 0.4) is 0 Å². The van der Waals surface area contributed by atoms with Gasteiger partial charge in [0, 0.05) is 56.4 Å². The molecule has 2 unspecified atom stereocenters. The zero-order chi connectivity index (χ0) is 44.9. The summed E-state index contributed by atoms with van der Waals surface area (Å²) in [5.74, 6) is 7.58. The van der Waals surface area contributed by atoms with E-state index in [-0.39, 0.29) is 11.5 Å². The molecule has 1 heterocycles. The zero-order valence-electron chi connectivity index (χ0n) is 41.2. The topological polar surface area (TPSA) is 88.5 Å². The molecule has 0 fully saturated rings. The van der Waals surface area contributed by atoms with Crippen molar-refractivity contribution in [2.45, 2.75) is 228 Å². The largest absolute Gasteiger partial charge is 0.382 e. The van der Waals surface area contributed by atoms with Gasteiger partial charge in [0.25, 0.3) is 0 Å². The van der Waals surface area contributed by atoms with Crippen LogP contribution in [0.2, 0.25) is 0 Å². The number of methoxy groups -OCH3 is 1. The summed E-state index contributed by atoms with van der Waals surface area (Å²) in [5.41, 5.74) is 8.96. The number of ketones is 1. The molecule has 0 radical (unpaired) electrons. The molecule has 344 valence electrons. The standard InChI is InChI=1S/C27H50O.C22H35N4.C5H12O/c1-4-5-6-7-8-9-10-11-12-13-14-15-16-17-18-19-20-21-22-23-24-25-27(28)26(2)3;1-4-5-6-10-15-25-22(24)21(23)20-14-11-16-26(3,17-20)18(2)19-12-8-7-9-13-19;1-5(2,3)6-4/h26H,4-5,8-25H2,1-3H3;7-9,12-14,18,23H,4-6,10-11,15-17H2,1-3H3,(H2,24,25);1-4H3/q;+1;. The molecule has 2 atom stereocenters. The molecule has 0 spiro atoms. The van der Waals surface area contributed by atoms with Crippen LogP contribution in [0.5, 0.6) is 0 Å². The number of ether oxygens (including phenoxy) is 1. The van der Waals surface area contributed by atoms with E-state index in [4.69, 9.17) is 15.9 Å². The van der Waals surface area contributed by atoms with Gasteiger partial charge in [-0.3, -0.25) is 15.2 Å². The van der Waals surface area contributed by atoms with Gasteiger partial charge in [0.15, 0.2) is 0 Å². The fraction of sp³-hybridized carbons (Fsp3) is 0.759. The first-order valence-corrected chi connectivity index (χ1v) is 24.7. The Labute approximate surface area is 372 Å². The van der Waals surface area contributed by atoms with E-state index in [1.807, 2.05) is 34.6 Å². The molecule has 1 aromatic carbocycles. The molecule has 0 aromatic heterocycles. The molecule has 6 nitrogen and oxygen atoms in total. The molecule has 2 rings (SSSR count). The Balaban J connectivity index is 0.00000102. The highest BCUT2D eigenvalue weighted by Crippen LogP contribution is 2.31. The van der Waals surface area contributed by atoms with Crippen LogP contribution in [0.1, 0.15) is 228 Å². The predicted molar refractivity (Wildman–Crippen MR) is 264 cm³/mol. The molecule has 0 saturated carbocycles. The number of likely N-dealkylation sites (N-methyl/N-ethyl adjacent to an activating group) is 1. The molecule has 0 amide bonds. The van der Waals surface area contributed by atoms with Crippen molar-refractivity contribution >= 4 is 17.3 Å². The van der Waals surface area contributed by atoms with Crippen LogP contribution in [0, 0.1) is 23.2 Å². The minimum atomic E-state index is 0.0417. The highest BCUT2D eigenvalue weighted by molar-refractivity contribution is 6.45. The van der Waals surface area contributed by atoms with Crippen molar-refractivity contribution < 1.29 is 14.0 Å². The molecule has 6 heteroatoms. The van der Waals surface area contributed by atoms with Crippen LogP contribution in [0.4, 0.5) is 0 Å². The number of amidine groups is 1. The van der Waals surface area contributed by atoms with Crippen molar-refractivity contribution in [2.75, 3.05) is 33.8 Å². The molecule has 0 aliphatic carbocycles. The number of hydrogen-bond acceptors (Lipinski definition) is 4. The van der Waals surface area contributed by atoms with Crippen molar-refractivity contribution in [3.63, 3.8) is 0 Å². The summed E-state index contributed by atoms with van der Waals surface area (Å²) < 4.78 is 5.84. The van der Waals surface area contributed by atoms with Crippen molar-refractivity contribution in [1.29, 1.82) is 5.41 Å². The number of nitrogens with one attached hydrogen (secondary N) is 1. The summed E-state index contributed by atoms with van der Waals surface area (Å²) in [7, 11) is 4.00. The Morgan fingerprint density at radius 1 is 0.767 bits per heavy atom. The average Bonchev–Trinajstić information content (AvgIpc) is 3.23. The Kier molecular flexibility index (Phi) is 35.2. The van der Waals surface area contributed by atoms with Crippen molar-refractivity contribution in [1.82, 2.24) is 0 Å². The molecule has 3 N–H and O–H groups in total. The van der Waals surface area contributed by atoms with Gasteiger partial charge in [-0.25, -0.2) is 0 Å². The number of carbonyl (C=O) groups is 1. The fourth-order valence-electron chi connectivity index (χ4n) is 7.23. The first kappa shape index (κ1) is 57.2. The number of Topliss-reactive ketones (excluding diaryl/α,β-unsaturated/α-hetero) is 1. The van der Waals surface area contributed by atoms with Gasteiger partial charge >= 0.3 is 0 Å². The quantitative estimate of drug-likeness (QED) is 0.0277.